The second-order valence-corrected chi connectivity index (χ2v) is 7.32. The molecule has 8 heteroatoms. The summed E-state index contributed by atoms with van der Waals surface area (Å²) in [5.74, 6) is -1.80. The molecule has 0 fully saturated rings. The Bertz CT molecular complexity index is 718. The summed E-state index contributed by atoms with van der Waals surface area (Å²) in [5, 5.41) is 23.6. The SMILES string of the molecule is CC(C)CC(C(=O)O)C(Cc1ccc(CN(C)C)c(F)c1)c1nn[nH]n1. The number of aliphatic carboxylic acids is 1. The molecule has 0 aliphatic rings. The van der Waals surface area contributed by atoms with Crippen molar-refractivity contribution in [1.82, 2.24) is 25.5 Å². The lowest BCUT2D eigenvalue weighted by Crippen LogP contribution is -2.26. The van der Waals surface area contributed by atoms with Gasteiger partial charge in [0.1, 0.15) is 5.82 Å². The van der Waals surface area contributed by atoms with Crippen LogP contribution in [0.2, 0.25) is 0 Å². The van der Waals surface area contributed by atoms with Gasteiger partial charge in [-0.15, -0.1) is 10.2 Å². The topological polar surface area (TPSA) is 95.0 Å². The standard InChI is InChI=1S/C18H26FN5O2/c1-11(2)7-15(18(25)26)14(17-20-22-23-21-17)8-12-5-6-13(10-24(3)4)16(19)9-12/h5-6,9,11,14-15H,7-8,10H2,1-4H3,(H,25,26)(H,20,21,22,23). The van der Waals surface area contributed by atoms with Gasteiger partial charge in [0.15, 0.2) is 5.82 Å². The molecule has 1 heterocycles. The monoisotopic (exact) mass is 363 g/mol. The summed E-state index contributed by atoms with van der Waals surface area (Å²) in [6.07, 6.45) is 0.818. The van der Waals surface area contributed by atoms with Crippen LogP contribution in [0.15, 0.2) is 18.2 Å². The van der Waals surface area contributed by atoms with Gasteiger partial charge in [0.2, 0.25) is 0 Å². The van der Waals surface area contributed by atoms with E-state index in [0.717, 1.165) is 5.56 Å². The Kier molecular flexibility index (Phi) is 6.79. The Morgan fingerprint density at radius 1 is 1.35 bits per heavy atom. The molecule has 2 rings (SSSR count). The zero-order chi connectivity index (χ0) is 19.3. The molecule has 2 N–H and O–H groups in total. The highest BCUT2D eigenvalue weighted by atomic mass is 19.1. The van der Waals surface area contributed by atoms with Gasteiger partial charge in [-0.2, -0.15) is 5.21 Å². The van der Waals surface area contributed by atoms with Gasteiger partial charge in [-0.05, 0) is 44.5 Å². The maximum Gasteiger partial charge on any atom is 0.307 e. The van der Waals surface area contributed by atoms with E-state index < -0.39 is 17.8 Å². The van der Waals surface area contributed by atoms with Crippen LogP contribution in [0.3, 0.4) is 0 Å². The fourth-order valence-corrected chi connectivity index (χ4v) is 3.13. The Balaban J connectivity index is 2.30. The minimum atomic E-state index is -0.904. The van der Waals surface area contributed by atoms with Crippen LogP contribution >= 0.6 is 0 Å². The predicted molar refractivity (Wildman–Crippen MR) is 95.0 cm³/mol. The molecule has 142 valence electrons. The lowest BCUT2D eigenvalue weighted by atomic mass is 9.81. The fourth-order valence-electron chi connectivity index (χ4n) is 3.13. The summed E-state index contributed by atoms with van der Waals surface area (Å²) in [7, 11) is 3.76. The van der Waals surface area contributed by atoms with Crippen LogP contribution in [0, 0.1) is 17.7 Å². The summed E-state index contributed by atoms with van der Waals surface area (Å²) in [4.78, 5) is 13.7. The number of H-pyrrole nitrogens is 1. The quantitative estimate of drug-likeness (QED) is 0.711. The third-order valence-corrected chi connectivity index (χ3v) is 4.28. The Labute approximate surface area is 152 Å². The average Bonchev–Trinajstić information content (AvgIpc) is 3.06. The minimum Gasteiger partial charge on any atom is -0.481 e. The van der Waals surface area contributed by atoms with Gasteiger partial charge < -0.3 is 10.0 Å². The van der Waals surface area contributed by atoms with Crippen LogP contribution < -0.4 is 0 Å². The first-order valence-electron chi connectivity index (χ1n) is 8.66. The largest absolute Gasteiger partial charge is 0.481 e. The molecule has 0 radical (unpaired) electrons. The van der Waals surface area contributed by atoms with Crippen molar-refractivity contribution in [1.29, 1.82) is 0 Å². The summed E-state index contributed by atoms with van der Waals surface area (Å²) in [5.41, 5.74) is 1.32. The number of benzene rings is 1. The fraction of sp³-hybridized carbons (Fsp3) is 0.556. The van der Waals surface area contributed by atoms with Crippen molar-refractivity contribution in [3.63, 3.8) is 0 Å². The van der Waals surface area contributed by atoms with Gasteiger partial charge in [0.05, 0.1) is 5.92 Å². The van der Waals surface area contributed by atoms with Crippen LogP contribution in [0.4, 0.5) is 4.39 Å². The van der Waals surface area contributed by atoms with E-state index in [-0.39, 0.29) is 11.7 Å². The molecule has 0 aliphatic heterocycles. The number of nitrogens with one attached hydrogen (secondary N) is 1. The van der Waals surface area contributed by atoms with Crippen LogP contribution in [0.5, 0.6) is 0 Å². The molecule has 1 aromatic heterocycles. The van der Waals surface area contributed by atoms with E-state index in [2.05, 4.69) is 20.6 Å². The molecule has 7 nitrogen and oxygen atoms in total. The number of carbonyl (C=O) groups is 1. The molecule has 0 aliphatic carbocycles. The number of aromatic nitrogens is 4. The van der Waals surface area contributed by atoms with Crippen molar-refractivity contribution < 1.29 is 14.3 Å². The van der Waals surface area contributed by atoms with Crippen molar-refractivity contribution >= 4 is 5.97 Å². The number of rotatable bonds is 9. The third-order valence-electron chi connectivity index (χ3n) is 4.28. The van der Waals surface area contributed by atoms with Crippen molar-refractivity contribution in [2.45, 2.75) is 39.2 Å². The highest BCUT2D eigenvalue weighted by molar-refractivity contribution is 5.71. The van der Waals surface area contributed by atoms with E-state index in [0.29, 0.717) is 30.8 Å². The molecule has 2 atom stereocenters. The van der Waals surface area contributed by atoms with Crippen molar-refractivity contribution in [3.8, 4) is 0 Å². The van der Waals surface area contributed by atoms with Crippen molar-refractivity contribution in [3.05, 3.63) is 41.0 Å². The normalized spacial score (nSPS) is 14.0. The van der Waals surface area contributed by atoms with E-state index >= 15 is 0 Å². The number of aromatic amines is 1. The maximum absolute atomic E-state index is 14.4. The number of carboxylic acids is 1. The summed E-state index contributed by atoms with van der Waals surface area (Å²) < 4.78 is 14.4. The molecule has 0 amide bonds. The molecule has 2 aromatic rings. The number of nitrogens with zero attached hydrogens (tertiary/aromatic N) is 4. The van der Waals surface area contributed by atoms with Gasteiger partial charge in [0.25, 0.3) is 0 Å². The molecule has 26 heavy (non-hydrogen) atoms. The predicted octanol–water partition coefficient (Wildman–Crippen LogP) is 2.47. The molecular weight excluding hydrogens is 337 g/mol. The Morgan fingerprint density at radius 3 is 2.58 bits per heavy atom. The van der Waals surface area contributed by atoms with Gasteiger partial charge >= 0.3 is 5.97 Å². The number of carboxylic acid groups (broad SMARTS) is 1. The van der Waals surface area contributed by atoms with Gasteiger partial charge in [-0.1, -0.05) is 31.2 Å². The molecular formula is C18H26FN5O2. The smallest absolute Gasteiger partial charge is 0.307 e. The number of hydrogen-bond donors (Lipinski definition) is 2. The summed E-state index contributed by atoms with van der Waals surface area (Å²) >= 11 is 0. The van der Waals surface area contributed by atoms with Gasteiger partial charge in [-0.25, -0.2) is 4.39 Å². The first kappa shape index (κ1) is 20.0. The highest BCUT2D eigenvalue weighted by Crippen LogP contribution is 2.31. The minimum absolute atomic E-state index is 0.199. The molecule has 0 spiro atoms. The Morgan fingerprint density at radius 2 is 2.08 bits per heavy atom. The zero-order valence-electron chi connectivity index (χ0n) is 15.6. The van der Waals surface area contributed by atoms with Crippen molar-refractivity contribution in [2.75, 3.05) is 14.1 Å². The van der Waals surface area contributed by atoms with E-state index in [1.165, 1.54) is 6.07 Å². The first-order valence-corrected chi connectivity index (χ1v) is 8.66. The average molecular weight is 363 g/mol. The molecule has 1 aromatic carbocycles. The summed E-state index contributed by atoms with van der Waals surface area (Å²) in [6.45, 7) is 4.45. The molecule has 2 unspecified atom stereocenters. The van der Waals surface area contributed by atoms with Crippen molar-refractivity contribution in [2.24, 2.45) is 11.8 Å². The lowest BCUT2D eigenvalue weighted by molar-refractivity contribution is -0.143. The van der Waals surface area contributed by atoms with Crippen LogP contribution in [-0.4, -0.2) is 50.7 Å². The van der Waals surface area contributed by atoms with Gasteiger partial charge in [-0.3, -0.25) is 4.79 Å². The first-order chi connectivity index (χ1) is 12.3. The van der Waals surface area contributed by atoms with Crippen LogP contribution in [-0.2, 0) is 17.8 Å². The Hall–Kier alpha value is -2.35. The van der Waals surface area contributed by atoms with E-state index in [4.69, 9.17) is 0 Å². The summed E-state index contributed by atoms with van der Waals surface area (Å²) in [6, 6.07) is 5.06. The molecule has 0 saturated carbocycles. The molecule has 0 saturated heterocycles. The number of halogens is 1. The highest BCUT2D eigenvalue weighted by Gasteiger charge is 2.33. The number of hydrogen-bond acceptors (Lipinski definition) is 5. The third kappa shape index (κ3) is 5.32. The van der Waals surface area contributed by atoms with E-state index in [9.17, 15) is 14.3 Å². The van der Waals surface area contributed by atoms with Gasteiger partial charge in [0, 0.05) is 18.0 Å². The lowest BCUT2D eigenvalue weighted by Gasteiger charge is -2.23. The second kappa shape index (κ2) is 8.84. The van der Waals surface area contributed by atoms with E-state index in [1.807, 2.05) is 38.9 Å². The van der Waals surface area contributed by atoms with Crippen LogP contribution in [0.1, 0.15) is 43.1 Å². The maximum atomic E-state index is 14.4. The van der Waals surface area contributed by atoms with E-state index in [1.54, 1.807) is 6.07 Å². The number of tetrazole rings is 1. The molecule has 0 bridgehead atoms. The van der Waals surface area contributed by atoms with Crippen LogP contribution in [0.25, 0.3) is 0 Å². The second-order valence-electron chi connectivity index (χ2n) is 7.32. The zero-order valence-corrected chi connectivity index (χ0v) is 15.6.